The smallest absolute Gasteiger partial charge is 0.355 e. The van der Waals surface area contributed by atoms with E-state index in [-0.39, 0.29) is 49.5 Å². The summed E-state index contributed by atoms with van der Waals surface area (Å²) in [6, 6.07) is 8.06. The Morgan fingerprint density at radius 2 is 1.89 bits per heavy atom. The van der Waals surface area contributed by atoms with Crippen molar-refractivity contribution in [2.24, 2.45) is 16.7 Å². The number of ether oxygens (including phenoxy) is 2. The van der Waals surface area contributed by atoms with Crippen molar-refractivity contribution in [3.63, 3.8) is 0 Å². The second-order valence-electron chi connectivity index (χ2n) is 19.9. The molecule has 8 rings (SSSR count). The van der Waals surface area contributed by atoms with Crippen LogP contribution in [0.25, 0.3) is 33.4 Å². The van der Waals surface area contributed by atoms with E-state index in [2.05, 4.69) is 58.4 Å². The highest BCUT2D eigenvalue weighted by molar-refractivity contribution is 7.10. The van der Waals surface area contributed by atoms with Crippen molar-refractivity contribution in [1.29, 1.82) is 0 Å². The molecule has 17 heteroatoms. The summed E-state index contributed by atoms with van der Waals surface area (Å²) in [6.45, 7) is 15.9. The van der Waals surface area contributed by atoms with E-state index in [0.717, 1.165) is 64.2 Å². The average molecular weight is 912 g/mol. The van der Waals surface area contributed by atoms with Gasteiger partial charge in [-0.15, -0.1) is 11.3 Å². The Bertz CT molecular complexity index is 2460. The summed E-state index contributed by atoms with van der Waals surface area (Å²) < 4.78 is 14.1. The van der Waals surface area contributed by atoms with E-state index in [9.17, 15) is 24.3 Å². The fraction of sp³-hybridized carbons (Fsp3) is 0.583. The third-order valence-corrected chi connectivity index (χ3v) is 14.7. The second-order valence-corrected chi connectivity index (χ2v) is 20.9. The lowest BCUT2D eigenvalue weighted by Crippen LogP contribution is -2.67. The molecule has 0 unspecified atom stereocenters. The third kappa shape index (κ3) is 9.01. The molecule has 4 aromatic rings. The van der Waals surface area contributed by atoms with Crippen molar-refractivity contribution < 1.29 is 33.8 Å². The number of nitrogens with one attached hydrogen (secondary N) is 2. The van der Waals surface area contributed by atoms with E-state index in [4.69, 9.17) is 19.4 Å². The summed E-state index contributed by atoms with van der Waals surface area (Å²) in [5, 5.41) is 19.7. The van der Waals surface area contributed by atoms with Gasteiger partial charge in [-0.25, -0.2) is 14.6 Å². The highest BCUT2D eigenvalue weighted by Crippen LogP contribution is 2.43. The lowest BCUT2D eigenvalue weighted by Gasteiger charge is -2.46. The van der Waals surface area contributed by atoms with Crippen molar-refractivity contribution in [2.45, 2.75) is 104 Å². The second kappa shape index (κ2) is 18.0. The molecule has 65 heavy (non-hydrogen) atoms. The first-order chi connectivity index (χ1) is 30.9. The van der Waals surface area contributed by atoms with Gasteiger partial charge in [-0.3, -0.25) is 19.6 Å². The zero-order chi connectivity index (χ0) is 46.6. The number of nitrogens with zero attached hydrogens (tertiary/aromatic N) is 7. The number of methoxy groups -OCH3 is 1. The fourth-order valence-electron chi connectivity index (χ4n) is 10.6. The van der Waals surface area contributed by atoms with Gasteiger partial charge in [-0.05, 0) is 75.9 Å². The Kier molecular flexibility index (Phi) is 12.9. The number of rotatable bonds is 8. The van der Waals surface area contributed by atoms with E-state index in [1.807, 2.05) is 51.0 Å². The molecule has 3 aromatic heterocycles. The van der Waals surface area contributed by atoms with Gasteiger partial charge >= 0.3 is 12.0 Å². The first kappa shape index (κ1) is 46.6. The van der Waals surface area contributed by atoms with Crippen LogP contribution in [-0.4, -0.2) is 142 Å². The van der Waals surface area contributed by atoms with Crippen LogP contribution in [0.2, 0.25) is 0 Å². The van der Waals surface area contributed by atoms with Gasteiger partial charge in [0.2, 0.25) is 11.6 Å². The SMILES string of the molecule is CCn1c(-c2cccnc2[C@H](C)OC)c2c3cc(ccc31)-c1csc(n1)C[C@H](NC(=O)[C@H](C(C)C)N(C)C(=O)N1CCC3(CN(C)C3)C1)C(=O)N1CCC[C@@](O)(N1)C(=O)OCC(C)(C)C2. The maximum Gasteiger partial charge on any atom is 0.355 e. The van der Waals surface area contributed by atoms with Crippen LogP contribution in [0.4, 0.5) is 4.79 Å². The summed E-state index contributed by atoms with van der Waals surface area (Å²) in [5.74, 6) is -2.21. The van der Waals surface area contributed by atoms with Crippen LogP contribution in [-0.2, 0) is 43.2 Å². The van der Waals surface area contributed by atoms with E-state index >= 15 is 0 Å². The quantitative estimate of drug-likeness (QED) is 0.198. The number of hydrazine groups is 1. The molecular formula is C48H65N9O7S. The minimum Gasteiger partial charge on any atom is -0.462 e. The van der Waals surface area contributed by atoms with Crippen LogP contribution in [0.1, 0.15) is 83.2 Å². The van der Waals surface area contributed by atoms with Crippen LogP contribution in [0, 0.1) is 16.7 Å². The van der Waals surface area contributed by atoms with Crippen LogP contribution in [0.3, 0.4) is 0 Å². The minimum atomic E-state index is -2.20. The monoisotopic (exact) mass is 911 g/mol. The van der Waals surface area contributed by atoms with Gasteiger partial charge < -0.3 is 39.2 Å². The zero-order valence-corrected chi connectivity index (χ0v) is 40.1. The Balaban J connectivity index is 1.17. The predicted molar refractivity (Wildman–Crippen MR) is 248 cm³/mol. The van der Waals surface area contributed by atoms with Crippen LogP contribution in [0.15, 0.2) is 41.9 Å². The van der Waals surface area contributed by atoms with Crippen molar-refractivity contribution in [3.8, 4) is 22.5 Å². The Hall–Kier alpha value is -4.94. The molecular weight excluding hydrogens is 847 g/mol. The number of esters is 1. The summed E-state index contributed by atoms with van der Waals surface area (Å²) >= 11 is 1.39. The number of aryl methyl sites for hydroxylation is 1. The third-order valence-electron chi connectivity index (χ3n) is 13.8. The number of carbonyl (C=O) groups is 4. The Morgan fingerprint density at radius 1 is 1.12 bits per heavy atom. The predicted octanol–water partition coefficient (Wildman–Crippen LogP) is 5.24. The Labute approximate surface area is 385 Å². The molecule has 350 valence electrons. The maximum atomic E-state index is 14.7. The molecule has 4 atom stereocenters. The van der Waals surface area contributed by atoms with Crippen LogP contribution < -0.4 is 10.7 Å². The lowest BCUT2D eigenvalue weighted by atomic mass is 9.79. The number of hydrogen-bond acceptors (Lipinski definition) is 12. The molecule has 0 saturated carbocycles. The summed E-state index contributed by atoms with van der Waals surface area (Å²) in [7, 11) is 5.40. The molecule has 0 aliphatic carbocycles. The van der Waals surface area contributed by atoms with E-state index in [0.29, 0.717) is 37.5 Å². The topological polar surface area (TPSA) is 175 Å². The number of aliphatic hydroxyl groups is 1. The van der Waals surface area contributed by atoms with Crippen LogP contribution in [0.5, 0.6) is 0 Å². The number of hydrogen-bond donors (Lipinski definition) is 3. The van der Waals surface area contributed by atoms with E-state index < -0.39 is 41.0 Å². The number of likely N-dealkylation sites (tertiary alicyclic amines) is 2. The average Bonchev–Trinajstić information content (AvgIpc) is 4.00. The largest absolute Gasteiger partial charge is 0.462 e. The number of aromatic nitrogens is 3. The highest BCUT2D eigenvalue weighted by atomic mass is 32.1. The van der Waals surface area contributed by atoms with Gasteiger partial charge in [0.25, 0.3) is 5.91 Å². The maximum absolute atomic E-state index is 14.7. The van der Waals surface area contributed by atoms with Gasteiger partial charge in [0.05, 0.1) is 34.8 Å². The molecule has 4 aliphatic rings. The lowest BCUT2D eigenvalue weighted by molar-refractivity contribution is -0.189. The standard InChI is InChI=1S/C48H65N9O7S/c1-10-56-37-15-14-31-21-33(37)34(41(56)32-13-11-18-49-39(32)30(4)63-9)23-46(5,6)28-64-44(60)48(62)16-12-19-57(52-48)43(59)35(22-38-50-36(31)24-65-38)51-42(58)40(29(2)3)54(8)45(61)55-20-17-47(27-55)25-53(7)26-47/h11,13-15,18,21,24,29-30,35,40,52,62H,10,12,16-17,19-20,22-23,25-28H2,1-9H3,(H,51,58)/t30-,35-,40-,48-/m0/s1. The zero-order valence-electron chi connectivity index (χ0n) is 39.3. The first-order valence-corrected chi connectivity index (χ1v) is 23.8. The Morgan fingerprint density at radius 3 is 2.60 bits per heavy atom. The molecule has 1 aromatic carbocycles. The fourth-order valence-corrected chi connectivity index (χ4v) is 11.4. The number of likely N-dealkylation sites (N-methyl/N-ethyl adjacent to an activating group) is 1. The first-order valence-electron chi connectivity index (χ1n) is 22.9. The van der Waals surface area contributed by atoms with Crippen LogP contribution >= 0.6 is 11.3 Å². The molecule has 0 radical (unpaired) electrons. The molecule has 3 N–H and O–H groups in total. The van der Waals surface area contributed by atoms with Gasteiger partial charge in [-0.1, -0.05) is 33.8 Å². The van der Waals surface area contributed by atoms with Crippen molar-refractivity contribution in [2.75, 3.05) is 60.5 Å². The van der Waals surface area contributed by atoms with Crippen molar-refractivity contribution in [1.82, 2.24) is 45.0 Å². The molecule has 4 amide bonds. The highest BCUT2D eigenvalue weighted by Gasteiger charge is 2.49. The normalized spacial score (nSPS) is 23.3. The molecule has 4 aliphatic heterocycles. The number of carbonyl (C=O) groups excluding carboxylic acids is 4. The summed E-state index contributed by atoms with van der Waals surface area (Å²) in [4.78, 5) is 72.5. The molecule has 7 heterocycles. The summed E-state index contributed by atoms with van der Waals surface area (Å²) in [6.07, 6.45) is 3.26. The molecule has 3 saturated heterocycles. The van der Waals surface area contributed by atoms with Crippen molar-refractivity contribution >= 4 is 46.1 Å². The number of cyclic esters (lactones) is 1. The molecule has 3 fully saturated rings. The number of fused-ring (bicyclic) bond motifs is 6. The van der Waals surface area contributed by atoms with E-state index in [1.54, 1.807) is 20.4 Å². The molecule has 16 nitrogen and oxygen atoms in total. The van der Waals surface area contributed by atoms with E-state index in [1.165, 1.54) is 21.2 Å². The van der Waals surface area contributed by atoms with Gasteiger partial charge in [0, 0.05) is 111 Å². The summed E-state index contributed by atoms with van der Waals surface area (Å²) in [5.41, 5.74) is 6.52. The number of urea groups is 1. The molecule has 1 spiro atoms. The number of thiazole rings is 1. The van der Waals surface area contributed by atoms with Gasteiger partial charge in [0.1, 0.15) is 12.1 Å². The van der Waals surface area contributed by atoms with Gasteiger partial charge in [0.15, 0.2) is 0 Å². The van der Waals surface area contributed by atoms with Crippen molar-refractivity contribution in [3.05, 3.63) is 58.2 Å². The van der Waals surface area contributed by atoms with Gasteiger partial charge in [-0.2, -0.15) is 5.43 Å². The number of amides is 4. The molecule has 6 bridgehead atoms. The number of benzene rings is 1. The minimum absolute atomic E-state index is 0.0116. The number of pyridine rings is 1.